The minimum absolute atomic E-state index is 0.187. The van der Waals surface area contributed by atoms with Gasteiger partial charge in [0.25, 0.3) is 5.91 Å². The van der Waals surface area contributed by atoms with E-state index in [-0.39, 0.29) is 5.91 Å². The summed E-state index contributed by atoms with van der Waals surface area (Å²) in [6.07, 6.45) is 0. The molecule has 0 atom stereocenters. The van der Waals surface area contributed by atoms with Crippen LogP contribution in [0.25, 0.3) is 0 Å². The standard InChI is InChI=1S/C14H11ClINO/c1-9-4-2-3-5-13(9)17-14(18)11-8-10(16)6-7-12(11)15/h2-8H,1H3,(H,17,18). The maximum atomic E-state index is 12.1. The largest absolute Gasteiger partial charge is 0.322 e. The van der Waals surface area contributed by atoms with Crippen LogP contribution in [0.4, 0.5) is 5.69 Å². The van der Waals surface area contributed by atoms with Gasteiger partial charge in [-0.1, -0.05) is 29.8 Å². The van der Waals surface area contributed by atoms with Gasteiger partial charge >= 0.3 is 0 Å². The van der Waals surface area contributed by atoms with E-state index in [0.717, 1.165) is 14.8 Å². The third-order valence-electron chi connectivity index (χ3n) is 2.57. The van der Waals surface area contributed by atoms with Gasteiger partial charge < -0.3 is 5.32 Å². The summed E-state index contributed by atoms with van der Waals surface area (Å²) < 4.78 is 0.979. The van der Waals surface area contributed by atoms with Crippen LogP contribution in [-0.2, 0) is 0 Å². The van der Waals surface area contributed by atoms with Gasteiger partial charge in [-0.3, -0.25) is 4.79 Å². The molecule has 2 aromatic carbocycles. The highest BCUT2D eigenvalue weighted by Crippen LogP contribution is 2.21. The highest BCUT2D eigenvalue weighted by Gasteiger charge is 2.11. The number of amides is 1. The van der Waals surface area contributed by atoms with Crippen molar-refractivity contribution in [2.75, 3.05) is 5.32 Å². The molecule has 0 aliphatic carbocycles. The molecule has 0 bridgehead atoms. The predicted molar refractivity (Wildman–Crippen MR) is 83.3 cm³/mol. The Labute approximate surface area is 124 Å². The number of nitrogens with one attached hydrogen (secondary N) is 1. The number of hydrogen-bond acceptors (Lipinski definition) is 1. The van der Waals surface area contributed by atoms with Crippen molar-refractivity contribution < 1.29 is 4.79 Å². The highest BCUT2D eigenvalue weighted by atomic mass is 127. The minimum atomic E-state index is -0.187. The lowest BCUT2D eigenvalue weighted by Crippen LogP contribution is -2.13. The molecule has 0 radical (unpaired) electrons. The lowest BCUT2D eigenvalue weighted by Gasteiger charge is -2.09. The molecule has 1 amide bonds. The fraction of sp³-hybridized carbons (Fsp3) is 0.0714. The first-order chi connectivity index (χ1) is 8.58. The Morgan fingerprint density at radius 2 is 1.94 bits per heavy atom. The van der Waals surface area contributed by atoms with Crippen LogP contribution >= 0.6 is 34.2 Å². The van der Waals surface area contributed by atoms with Gasteiger partial charge in [0.05, 0.1) is 10.6 Å². The van der Waals surface area contributed by atoms with Crippen LogP contribution < -0.4 is 5.32 Å². The third kappa shape index (κ3) is 3.03. The number of carbonyl (C=O) groups excluding carboxylic acids is 1. The normalized spacial score (nSPS) is 10.2. The molecule has 92 valence electrons. The molecule has 0 saturated carbocycles. The predicted octanol–water partition coefficient (Wildman–Crippen LogP) is 4.51. The first-order valence-electron chi connectivity index (χ1n) is 5.40. The summed E-state index contributed by atoms with van der Waals surface area (Å²) in [5, 5.41) is 3.33. The van der Waals surface area contributed by atoms with Crippen LogP contribution in [0, 0.1) is 10.5 Å². The number of aryl methyl sites for hydroxylation is 1. The second-order valence-electron chi connectivity index (χ2n) is 3.89. The van der Waals surface area contributed by atoms with Crippen LogP contribution in [0.15, 0.2) is 42.5 Å². The summed E-state index contributed by atoms with van der Waals surface area (Å²) in [6, 6.07) is 13.0. The summed E-state index contributed by atoms with van der Waals surface area (Å²) in [5.41, 5.74) is 2.32. The second-order valence-corrected chi connectivity index (χ2v) is 5.55. The van der Waals surface area contributed by atoms with Gasteiger partial charge in [-0.15, -0.1) is 0 Å². The maximum absolute atomic E-state index is 12.1. The number of hydrogen-bond donors (Lipinski definition) is 1. The molecule has 2 rings (SSSR count). The number of rotatable bonds is 2. The smallest absolute Gasteiger partial charge is 0.257 e. The van der Waals surface area contributed by atoms with Gasteiger partial charge in [0.15, 0.2) is 0 Å². The van der Waals surface area contributed by atoms with E-state index >= 15 is 0 Å². The zero-order valence-electron chi connectivity index (χ0n) is 9.71. The number of para-hydroxylation sites is 1. The Bertz CT molecular complexity index is 598. The van der Waals surface area contributed by atoms with E-state index in [1.165, 1.54) is 0 Å². The Balaban J connectivity index is 2.28. The van der Waals surface area contributed by atoms with Gasteiger partial charge in [-0.25, -0.2) is 0 Å². The Hall–Kier alpha value is -1.07. The molecule has 0 aromatic heterocycles. The van der Waals surface area contributed by atoms with E-state index in [1.54, 1.807) is 12.1 Å². The molecule has 0 fully saturated rings. The van der Waals surface area contributed by atoms with Crippen molar-refractivity contribution in [2.24, 2.45) is 0 Å². The van der Waals surface area contributed by atoms with Crippen LogP contribution in [-0.4, -0.2) is 5.91 Å². The van der Waals surface area contributed by atoms with Crippen LogP contribution in [0.5, 0.6) is 0 Å². The van der Waals surface area contributed by atoms with E-state index in [1.807, 2.05) is 37.3 Å². The number of halogens is 2. The molecular formula is C14H11ClINO. The van der Waals surface area contributed by atoms with Crippen LogP contribution in [0.2, 0.25) is 5.02 Å². The van der Waals surface area contributed by atoms with Crippen molar-refractivity contribution in [1.29, 1.82) is 0 Å². The van der Waals surface area contributed by atoms with Crippen molar-refractivity contribution >= 4 is 45.8 Å². The van der Waals surface area contributed by atoms with Crippen molar-refractivity contribution in [1.82, 2.24) is 0 Å². The third-order valence-corrected chi connectivity index (χ3v) is 3.57. The first-order valence-corrected chi connectivity index (χ1v) is 6.85. The molecular weight excluding hydrogens is 361 g/mol. The van der Waals surface area contributed by atoms with E-state index in [4.69, 9.17) is 11.6 Å². The summed E-state index contributed by atoms with van der Waals surface area (Å²) in [4.78, 5) is 12.1. The molecule has 18 heavy (non-hydrogen) atoms. The lowest BCUT2D eigenvalue weighted by atomic mass is 10.1. The van der Waals surface area contributed by atoms with E-state index in [9.17, 15) is 4.79 Å². The summed E-state index contributed by atoms with van der Waals surface area (Å²) in [5.74, 6) is -0.187. The average Bonchev–Trinajstić information content (AvgIpc) is 2.35. The summed E-state index contributed by atoms with van der Waals surface area (Å²) >= 11 is 8.19. The monoisotopic (exact) mass is 371 g/mol. The van der Waals surface area contributed by atoms with E-state index in [2.05, 4.69) is 27.9 Å². The molecule has 0 unspecified atom stereocenters. The van der Waals surface area contributed by atoms with Crippen LogP contribution in [0.1, 0.15) is 15.9 Å². The van der Waals surface area contributed by atoms with Gasteiger partial charge in [0.1, 0.15) is 0 Å². The molecule has 0 saturated heterocycles. The highest BCUT2D eigenvalue weighted by molar-refractivity contribution is 14.1. The van der Waals surface area contributed by atoms with Crippen LogP contribution in [0.3, 0.4) is 0 Å². The first kappa shape index (κ1) is 13.4. The second kappa shape index (κ2) is 5.71. The van der Waals surface area contributed by atoms with Gasteiger partial charge in [0.2, 0.25) is 0 Å². The molecule has 4 heteroatoms. The van der Waals surface area contributed by atoms with Crippen molar-refractivity contribution in [3.63, 3.8) is 0 Å². The van der Waals surface area contributed by atoms with Gasteiger partial charge in [-0.2, -0.15) is 0 Å². The molecule has 2 nitrogen and oxygen atoms in total. The topological polar surface area (TPSA) is 29.1 Å². The Morgan fingerprint density at radius 3 is 2.67 bits per heavy atom. The molecule has 0 aliphatic heterocycles. The Kier molecular flexibility index (Phi) is 4.24. The molecule has 0 aliphatic rings. The van der Waals surface area contributed by atoms with Gasteiger partial charge in [-0.05, 0) is 59.3 Å². The minimum Gasteiger partial charge on any atom is -0.322 e. The molecule has 0 heterocycles. The van der Waals surface area contributed by atoms with Crippen molar-refractivity contribution in [3.05, 3.63) is 62.2 Å². The van der Waals surface area contributed by atoms with Crippen molar-refractivity contribution in [3.8, 4) is 0 Å². The summed E-state index contributed by atoms with van der Waals surface area (Å²) in [6.45, 7) is 1.95. The van der Waals surface area contributed by atoms with E-state index < -0.39 is 0 Å². The SMILES string of the molecule is Cc1ccccc1NC(=O)c1cc(I)ccc1Cl. The summed E-state index contributed by atoms with van der Waals surface area (Å²) in [7, 11) is 0. The fourth-order valence-electron chi connectivity index (χ4n) is 1.57. The zero-order chi connectivity index (χ0) is 13.1. The Morgan fingerprint density at radius 1 is 1.22 bits per heavy atom. The van der Waals surface area contributed by atoms with E-state index in [0.29, 0.717) is 10.6 Å². The van der Waals surface area contributed by atoms with Crippen molar-refractivity contribution in [2.45, 2.75) is 6.92 Å². The lowest BCUT2D eigenvalue weighted by molar-refractivity contribution is 0.102. The fourth-order valence-corrected chi connectivity index (χ4v) is 2.27. The number of carbonyl (C=O) groups is 1. The quantitative estimate of drug-likeness (QED) is 0.774. The zero-order valence-corrected chi connectivity index (χ0v) is 12.6. The molecule has 1 N–H and O–H groups in total. The number of anilines is 1. The van der Waals surface area contributed by atoms with Gasteiger partial charge in [0, 0.05) is 9.26 Å². The molecule has 2 aromatic rings. The average molecular weight is 372 g/mol. The number of benzene rings is 2. The molecule has 0 spiro atoms. The maximum Gasteiger partial charge on any atom is 0.257 e.